The fourth-order valence-electron chi connectivity index (χ4n) is 2.91. The van der Waals surface area contributed by atoms with E-state index in [0.29, 0.717) is 16.6 Å². The summed E-state index contributed by atoms with van der Waals surface area (Å²) in [6.07, 6.45) is 3.50. The van der Waals surface area contributed by atoms with E-state index in [1.807, 2.05) is 34.6 Å². The Morgan fingerprint density at radius 2 is 1.93 bits per heavy atom. The van der Waals surface area contributed by atoms with Crippen molar-refractivity contribution in [3.8, 4) is 0 Å². The summed E-state index contributed by atoms with van der Waals surface area (Å²) in [6.45, 7) is 11.7. The number of hydrogen-bond donors (Lipinski definition) is 1. The van der Waals surface area contributed by atoms with Crippen LogP contribution in [0.5, 0.6) is 0 Å². The third kappa shape index (κ3) is 5.05. The molecule has 7 heteroatoms. The normalized spacial score (nSPS) is 12.6. The Morgan fingerprint density at radius 1 is 1.22 bits per heavy atom. The minimum absolute atomic E-state index is 0.0608. The zero-order valence-corrected chi connectivity index (χ0v) is 17.1. The Hall–Kier alpha value is -2.44. The molecule has 2 rings (SSSR count). The molecule has 0 fully saturated rings. The van der Waals surface area contributed by atoms with Crippen molar-refractivity contribution < 1.29 is 14.3 Å². The van der Waals surface area contributed by atoms with Crippen molar-refractivity contribution in [1.29, 1.82) is 0 Å². The van der Waals surface area contributed by atoms with Crippen molar-refractivity contribution in [3.05, 3.63) is 23.5 Å². The predicted molar refractivity (Wildman–Crippen MR) is 105 cm³/mol. The molecule has 0 saturated carbocycles. The van der Waals surface area contributed by atoms with E-state index in [0.717, 1.165) is 18.5 Å². The van der Waals surface area contributed by atoms with E-state index >= 15 is 0 Å². The smallest absolute Gasteiger partial charge is 0.339 e. The lowest BCUT2D eigenvalue weighted by Gasteiger charge is -2.14. The third-order valence-corrected chi connectivity index (χ3v) is 4.35. The number of nitrogens with zero attached hydrogens (tertiary/aromatic N) is 3. The number of carbonyl (C=O) groups is 2. The first-order chi connectivity index (χ1) is 12.7. The molecule has 0 aromatic carbocycles. The van der Waals surface area contributed by atoms with Gasteiger partial charge in [0.2, 0.25) is 0 Å². The van der Waals surface area contributed by atoms with Crippen molar-refractivity contribution in [1.82, 2.24) is 20.1 Å². The van der Waals surface area contributed by atoms with E-state index in [2.05, 4.69) is 22.3 Å². The molecule has 0 spiro atoms. The summed E-state index contributed by atoms with van der Waals surface area (Å²) in [6, 6.07) is 1.91. The summed E-state index contributed by atoms with van der Waals surface area (Å²) in [5.74, 6) is -0.683. The number of hydrogen-bond acceptors (Lipinski definition) is 5. The van der Waals surface area contributed by atoms with Gasteiger partial charge in [0.15, 0.2) is 12.3 Å². The molecule has 27 heavy (non-hydrogen) atoms. The van der Waals surface area contributed by atoms with Crippen molar-refractivity contribution in [3.63, 3.8) is 0 Å². The molecule has 0 radical (unpaired) electrons. The van der Waals surface area contributed by atoms with E-state index in [9.17, 15) is 9.59 Å². The Bertz CT molecular complexity index is 811. The molecule has 2 heterocycles. The first kappa shape index (κ1) is 20.9. The number of ether oxygens (including phenoxy) is 1. The summed E-state index contributed by atoms with van der Waals surface area (Å²) in [4.78, 5) is 29.3. The van der Waals surface area contributed by atoms with Crippen LogP contribution in [-0.4, -0.2) is 39.3 Å². The largest absolute Gasteiger partial charge is 0.452 e. The second kappa shape index (κ2) is 8.97. The number of fused-ring (bicyclic) bond motifs is 1. The number of nitrogens with one attached hydrogen (secondary N) is 1. The summed E-state index contributed by atoms with van der Waals surface area (Å²) < 4.78 is 7.05. The topological polar surface area (TPSA) is 86.1 Å². The highest BCUT2D eigenvalue weighted by atomic mass is 16.5. The molecule has 0 saturated heterocycles. The maximum atomic E-state index is 12.7. The van der Waals surface area contributed by atoms with Crippen LogP contribution in [0.15, 0.2) is 12.3 Å². The van der Waals surface area contributed by atoms with Gasteiger partial charge in [0.1, 0.15) is 0 Å². The Morgan fingerprint density at radius 3 is 2.52 bits per heavy atom. The number of pyridine rings is 1. The molecule has 0 aliphatic rings. The molecule has 0 aliphatic heterocycles. The maximum absolute atomic E-state index is 12.7. The van der Waals surface area contributed by atoms with Crippen molar-refractivity contribution in [2.45, 2.75) is 72.4 Å². The van der Waals surface area contributed by atoms with Gasteiger partial charge in [-0.05, 0) is 39.2 Å². The van der Waals surface area contributed by atoms with E-state index in [4.69, 9.17) is 4.74 Å². The van der Waals surface area contributed by atoms with Crippen LogP contribution in [0.25, 0.3) is 11.0 Å². The lowest BCUT2D eigenvalue weighted by molar-refractivity contribution is -0.124. The fourth-order valence-corrected chi connectivity index (χ4v) is 2.91. The van der Waals surface area contributed by atoms with Crippen LogP contribution >= 0.6 is 0 Å². The molecule has 1 N–H and O–H groups in total. The van der Waals surface area contributed by atoms with Gasteiger partial charge < -0.3 is 10.1 Å². The lowest BCUT2D eigenvalue weighted by atomic mass is 10.1. The number of aromatic nitrogens is 3. The average Bonchev–Trinajstić information content (AvgIpc) is 3.03. The lowest BCUT2D eigenvalue weighted by Crippen LogP contribution is -2.35. The Labute approximate surface area is 160 Å². The molecule has 0 unspecified atom stereocenters. The SMILES string of the molecule is CCC[C@H](C)NC(=O)COC(=O)c1cc(C(C)C)nc2c1cnn2C(C)C. The van der Waals surface area contributed by atoms with E-state index in [1.165, 1.54) is 0 Å². The van der Waals surface area contributed by atoms with Gasteiger partial charge in [-0.25, -0.2) is 14.5 Å². The van der Waals surface area contributed by atoms with Crippen molar-refractivity contribution in [2.24, 2.45) is 0 Å². The highest BCUT2D eigenvalue weighted by Gasteiger charge is 2.20. The van der Waals surface area contributed by atoms with Crippen LogP contribution in [0, 0.1) is 0 Å². The van der Waals surface area contributed by atoms with Gasteiger partial charge in [-0.2, -0.15) is 5.10 Å². The predicted octanol–water partition coefficient (Wildman–Crippen LogP) is 3.60. The summed E-state index contributed by atoms with van der Waals surface area (Å²) >= 11 is 0. The van der Waals surface area contributed by atoms with Gasteiger partial charge in [-0.1, -0.05) is 27.2 Å². The summed E-state index contributed by atoms with van der Waals surface area (Å²) in [5, 5.41) is 7.83. The van der Waals surface area contributed by atoms with Crippen molar-refractivity contribution >= 4 is 22.9 Å². The number of esters is 1. The quantitative estimate of drug-likeness (QED) is 0.714. The summed E-state index contributed by atoms with van der Waals surface area (Å²) in [7, 11) is 0. The molecule has 148 valence electrons. The van der Waals surface area contributed by atoms with Crippen LogP contribution in [-0.2, 0) is 9.53 Å². The first-order valence-electron chi connectivity index (χ1n) is 9.59. The van der Waals surface area contributed by atoms with Crippen LogP contribution < -0.4 is 5.32 Å². The van der Waals surface area contributed by atoms with Crippen LogP contribution in [0.1, 0.15) is 82.4 Å². The average molecular weight is 374 g/mol. The monoisotopic (exact) mass is 374 g/mol. The van der Waals surface area contributed by atoms with Crippen LogP contribution in [0.4, 0.5) is 0 Å². The minimum Gasteiger partial charge on any atom is -0.452 e. The molecule has 2 aromatic heterocycles. The standard InChI is InChI=1S/C20H30N4O3/c1-7-8-14(6)22-18(25)11-27-20(26)15-9-17(12(2)3)23-19-16(15)10-21-24(19)13(4)5/h9-10,12-14H,7-8,11H2,1-6H3,(H,22,25)/t14-/m0/s1. The molecule has 2 aromatic rings. The molecule has 0 aliphatic carbocycles. The van der Waals surface area contributed by atoms with Crippen LogP contribution in [0.2, 0.25) is 0 Å². The maximum Gasteiger partial charge on any atom is 0.339 e. The zero-order chi connectivity index (χ0) is 20.1. The molecule has 1 amide bonds. The van der Waals surface area contributed by atoms with E-state index in [-0.39, 0.29) is 30.5 Å². The zero-order valence-electron chi connectivity index (χ0n) is 17.1. The van der Waals surface area contributed by atoms with Crippen LogP contribution in [0.3, 0.4) is 0 Å². The Kier molecular flexibility index (Phi) is 6.93. The number of rotatable bonds is 8. The molecular formula is C20H30N4O3. The summed E-state index contributed by atoms with van der Waals surface area (Å²) in [5.41, 5.74) is 1.84. The van der Waals surface area contributed by atoms with Crippen molar-refractivity contribution in [2.75, 3.05) is 6.61 Å². The molecule has 0 bridgehead atoms. The second-order valence-electron chi connectivity index (χ2n) is 7.50. The van der Waals surface area contributed by atoms with Gasteiger partial charge in [0.25, 0.3) is 5.91 Å². The molecular weight excluding hydrogens is 344 g/mol. The minimum atomic E-state index is -0.536. The van der Waals surface area contributed by atoms with Gasteiger partial charge in [0, 0.05) is 17.8 Å². The first-order valence-corrected chi connectivity index (χ1v) is 9.59. The van der Waals surface area contributed by atoms with Gasteiger partial charge >= 0.3 is 5.97 Å². The third-order valence-electron chi connectivity index (χ3n) is 4.35. The molecule has 1 atom stereocenters. The number of amides is 1. The van der Waals surface area contributed by atoms with E-state index < -0.39 is 5.97 Å². The van der Waals surface area contributed by atoms with Gasteiger partial charge in [0.05, 0.1) is 17.1 Å². The molecule has 7 nitrogen and oxygen atoms in total. The van der Waals surface area contributed by atoms with Gasteiger partial charge in [-0.3, -0.25) is 4.79 Å². The fraction of sp³-hybridized carbons (Fsp3) is 0.600. The highest BCUT2D eigenvalue weighted by molar-refractivity contribution is 6.03. The number of carbonyl (C=O) groups excluding carboxylic acids is 2. The van der Waals surface area contributed by atoms with Gasteiger partial charge in [-0.15, -0.1) is 0 Å². The highest BCUT2D eigenvalue weighted by Crippen LogP contribution is 2.24. The van der Waals surface area contributed by atoms with E-state index in [1.54, 1.807) is 16.9 Å². The Balaban J connectivity index is 2.23. The second-order valence-corrected chi connectivity index (χ2v) is 7.50.